The highest BCUT2D eigenvalue weighted by atomic mass is 16.5. The van der Waals surface area contributed by atoms with E-state index in [-0.39, 0.29) is 35.8 Å². The second kappa shape index (κ2) is 9.76. The SMILES string of the molecule is CCN[C@@H]1C(O)=C(C(C)=O)C(=O)[C@@]2(O)C(O)=C3C(=O)c4c(O)cc(C5CCCN5CC)c(OC)c4C[C@H]3C[C@@H]12. The maximum Gasteiger partial charge on any atom is 0.209 e. The fraction of sp³-hybridized carbons (Fsp3) is 0.552. The van der Waals surface area contributed by atoms with Crippen molar-refractivity contribution in [1.82, 2.24) is 10.2 Å². The molecule has 10 heteroatoms. The number of aromatic hydroxyl groups is 1. The van der Waals surface area contributed by atoms with Crippen molar-refractivity contribution < 1.29 is 39.5 Å². The van der Waals surface area contributed by atoms with Gasteiger partial charge in [0.25, 0.3) is 0 Å². The van der Waals surface area contributed by atoms with E-state index in [2.05, 4.69) is 17.1 Å². The first kappa shape index (κ1) is 27.4. The Balaban J connectivity index is 1.68. The smallest absolute Gasteiger partial charge is 0.209 e. The fourth-order valence-corrected chi connectivity index (χ4v) is 7.35. The van der Waals surface area contributed by atoms with Crippen LogP contribution in [0.3, 0.4) is 0 Å². The summed E-state index contributed by atoms with van der Waals surface area (Å²) in [5.41, 5.74) is -2.03. The molecule has 1 heterocycles. The minimum absolute atomic E-state index is 0.0202. The standard InChI is InChI=1S/C29H36N2O8/c1-5-30-23-17-11-14-10-16-22(19(33)12-15(26(16)39-4)18-8-7-9-31(18)6-2)24(34)21(14)28(37)29(17,38)27(36)20(13(3)32)25(23)35/h12,14,17-18,23,30,33,35,37-38H,5-11H2,1-4H3/t14-,17-,18?,23-,29+/m0/s1. The molecule has 3 aliphatic carbocycles. The van der Waals surface area contributed by atoms with E-state index in [1.807, 2.05) is 0 Å². The summed E-state index contributed by atoms with van der Waals surface area (Å²) in [6, 6.07) is 0.586. The number of rotatable bonds is 6. The Morgan fingerprint density at radius 3 is 2.56 bits per heavy atom. The van der Waals surface area contributed by atoms with Crippen molar-refractivity contribution in [3.05, 3.63) is 45.4 Å². The topological polar surface area (TPSA) is 157 Å². The Kier molecular flexibility index (Phi) is 6.85. The molecule has 1 aliphatic heterocycles. The third kappa shape index (κ3) is 3.76. The molecule has 0 bridgehead atoms. The van der Waals surface area contributed by atoms with Crippen LogP contribution in [0.5, 0.6) is 11.5 Å². The molecule has 5 atom stereocenters. The number of carbonyl (C=O) groups excluding carboxylic acids is 3. The highest BCUT2D eigenvalue weighted by Crippen LogP contribution is 2.54. The van der Waals surface area contributed by atoms with Gasteiger partial charge in [0, 0.05) is 28.7 Å². The maximum absolute atomic E-state index is 13.9. The number of phenols is 1. The van der Waals surface area contributed by atoms with Crippen LogP contribution in [-0.4, -0.2) is 81.1 Å². The molecule has 0 amide bonds. The molecule has 0 aromatic heterocycles. The van der Waals surface area contributed by atoms with E-state index in [0.29, 0.717) is 17.9 Å². The van der Waals surface area contributed by atoms with Crippen LogP contribution in [0.2, 0.25) is 0 Å². The van der Waals surface area contributed by atoms with Crippen molar-refractivity contribution in [2.75, 3.05) is 26.7 Å². The summed E-state index contributed by atoms with van der Waals surface area (Å²) < 4.78 is 5.85. The van der Waals surface area contributed by atoms with Crippen LogP contribution < -0.4 is 10.1 Å². The normalized spacial score (nSPS) is 30.8. The van der Waals surface area contributed by atoms with Crippen LogP contribution in [0.1, 0.15) is 67.6 Å². The van der Waals surface area contributed by atoms with Crippen LogP contribution in [0.15, 0.2) is 28.7 Å². The summed E-state index contributed by atoms with van der Waals surface area (Å²) in [5.74, 6) is -5.26. The van der Waals surface area contributed by atoms with Gasteiger partial charge in [-0.05, 0) is 64.2 Å². The average molecular weight is 541 g/mol. The number of nitrogens with zero attached hydrogens (tertiary/aromatic N) is 1. The molecule has 1 aromatic carbocycles. The predicted octanol–water partition coefficient (Wildman–Crippen LogP) is 2.44. The summed E-state index contributed by atoms with van der Waals surface area (Å²) in [7, 11) is 1.53. The Morgan fingerprint density at radius 2 is 1.95 bits per heavy atom. The quantitative estimate of drug-likeness (QED) is 0.340. The number of carbonyl (C=O) groups is 3. The number of aliphatic hydroxyl groups is 3. The number of methoxy groups -OCH3 is 1. The van der Waals surface area contributed by atoms with Gasteiger partial charge >= 0.3 is 0 Å². The molecule has 1 saturated heterocycles. The lowest BCUT2D eigenvalue weighted by atomic mass is 9.58. The van der Waals surface area contributed by atoms with E-state index < -0.39 is 57.9 Å². The number of likely N-dealkylation sites (N-methyl/N-ethyl adjacent to an activating group) is 1. The highest BCUT2D eigenvalue weighted by molar-refractivity contribution is 6.25. The molecule has 1 aromatic rings. The third-order valence-electron chi connectivity index (χ3n) is 9.04. The molecular formula is C29H36N2O8. The van der Waals surface area contributed by atoms with Crippen LogP contribution >= 0.6 is 0 Å². The number of benzene rings is 1. The van der Waals surface area contributed by atoms with E-state index in [1.165, 1.54) is 7.11 Å². The lowest BCUT2D eigenvalue weighted by Crippen LogP contribution is -2.63. The third-order valence-corrected chi connectivity index (χ3v) is 9.04. The van der Waals surface area contributed by atoms with E-state index in [9.17, 15) is 34.8 Å². The lowest BCUT2D eigenvalue weighted by Gasteiger charge is -2.49. The Bertz CT molecular complexity index is 1330. The van der Waals surface area contributed by atoms with E-state index in [4.69, 9.17) is 4.74 Å². The zero-order valence-electron chi connectivity index (χ0n) is 22.7. The first-order chi connectivity index (χ1) is 18.5. The summed E-state index contributed by atoms with van der Waals surface area (Å²) in [5, 5.41) is 48.2. The van der Waals surface area contributed by atoms with Gasteiger partial charge in [-0.25, -0.2) is 0 Å². The van der Waals surface area contributed by atoms with Crippen LogP contribution in [0, 0.1) is 11.8 Å². The Morgan fingerprint density at radius 1 is 1.23 bits per heavy atom. The fourth-order valence-electron chi connectivity index (χ4n) is 7.35. The number of likely N-dealkylation sites (tertiary alicyclic amines) is 1. The van der Waals surface area contributed by atoms with Crippen molar-refractivity contribution in [3.8, 4) is 11.5 Å². The first-order valence-electron chi connectivity index (χ1n) is 13.6. The van der Waals surface area contributed by atoms with Gasteiger partial charge in [-0.2, -0.15) is 0 Å². The zero-order chi connectivity index (χ0) is 28.4. The molecule has 4 aliphatic rings. The van der Waals surface area contributed by atoms with Gasteiger partial charge in [-0.3, -0.25) is 19.3 Å². The van der Waals surface area contributed by atoms with Crippen molar-refractivity contribution >= 4 is 17.3 Å². The van der Waals surface area contributed by atoms with Crippen LogP contribution in [0.4, 0.5) is 0 Å². The number of hydrogen-bond donors (Lipinski definition) is 5. The average Bonchev–Trinajstić information content (AvgIpc) is 3.37. The van der Waals surface area contributed by atoms with E-state index in [1.54, 1.807) is 13.0 Å². The number of ether oxygens (including phenoxy) is 1. The molecular weight excluding hydrogens is 504 g/mol. The minimum Gasteiger partial charge on any atom is -0.510 e. The van der Waals surface area contributed by atoms with Gasteiger partial charge in [0.2, 0.25) is 5.78 Å². The predicted molar refractivity (Wildman–Crippen MR) is 141 cm³/mol. The molecule has 210 valence electrons. The second-order valence-corrected chi connectivity index (χ2v) is 10.9. The number of phenolic OH excluding ortho intramolecular Hbond substituents is 1. The van der Waals surface area contributed by atoms with Gasteiger partial charge in [-0.1, -0.05) is 13.8 Å². The van der Waals surface area contributed by atoms with Crippen molar-refractivity contribution in [2.24, 2.45) is 11.8 Å². The number of aliphatic hydroxyl groups excluding tert-OH is 2. The molecule has 0 spiro atoms. The Hall–Kier alpha value is -3.21. The van der Waals surface area contributed by atoms with Crippen molar-refractivity contribution in [3.63, 3.8) is 0 Å². The summed E-state index contributed by atoms with van der Waals surface area (Å²) in [4.78, 5) is 42.0. The van der Waals surface area contributed by atoms with Crippen LogP contribution in [-0.2, 0) is 16.0 Å². The molecule has 1 fully saturated rings. The monoisotopic (exact) mass is 540 g/mol. The van der Waals surface area contributed by atoms with Gasteiger partial charge < -0.3 is 30.5 Å². The second-order valence-electron chi connectivity index (χ2n) is 10.9. The molecule has 1 unspecified atom stereocenters. The van der Waals surface area contributed by atoms with Crippen LogP contribution in [0.25, 0.3) is 0 Å². The van der Waals surface area contributed by atoms with Gasteiger partial charge in [-0.15, -0.1) is 0 Å². The number of ketones is 3. The van der Waals surface area contributed by atoms with Crippen molar-refractivity contribution in [1.29, 1.82) is 0 Å². The number of nitrogens with one attached hydrogen (secondary N) is 1. The lowest BCUT2D eigenvalue weighted by molar-refractivity contribution is -0.146. The molecule has 0 radical (unpaired) electrons. The van der Waals surface area contributed by atoms with Gasteiger partial charge in [0.15, 0.2) is 17.2 Å². The summed E-state index contributed by atoms with van der Waals surface area (Å²) >= 11 is 0. The number of fused-ring (bicyclic) bond motifs is 3. The molecule has 5 N–H and O–H groups in total. The van der Waals surface area contributed by atoms with E-state index in [0.717, 1.165) is 38.4 Å². The maximum atomic E-state index is 13.9. The first-order valence-corrected chi connectivity index (χ1v) is 13.6. The number of hydrogen-bond acceptors (Lipinski definition) is 10. The summed E-state index contributed by atoms with van der Waals surface area (Å²) in [6.07, 6.45) is 2.17. The molecule has 39 heavy (non-hydrogen) atoms. The molecule has 10 nitrogen and oxygen atoms in total. The van der Waals surface area contributed by atoms with E-state index >= 15 is 0 Å². The largest absolute Gasteiger partial charge is 0.510 e. The van der Waals surface area contributed by atoms with Gasteiger partial charge in [0.1, 0.15) is 28.6 Å². The number of Topliss-reactive ketones (excluding diaryl/α,β-unsaturated/α-hetero) is 3. The Labute approximate surface area is 227 Å². The molecule has 5 rings (SSSR count). The number of allylic oxidation sites excluding steroid dienone is 1. The van der Waals surface area contributed by atoms with Gasteiger partial charge in [0.05, 0.1) is 18.7 Å². The highest BCUT2D eigenvalue weighted by Gasteiger charge is 2.62. The van der Waals surface area contributed by atoms with Crippen molar-refractivity contribution in [2.45, 2.75) is 64.1 Å². The zero-order valence-corrected chi connectivity index (χ0v) is 22.7. The summed E-state index contributed by atoms with van der Waals surface area (Å²) in [6.45, 7) is 7.05. The minimum atomic E-state index is -2.58. The molecule has 0 saturated carbocycles.